The van der Waals surface area contributed by atoms with Crippen LogP contribution in [0, 0.1) is 17.6 Å². The summed E-state index contributed by atoms with van der Waals surface area (Å²) in [6, 6.07) is 10.5. The largest absolute Gasteiger partial charge is 0.399 e. The molecule has 0 saturated carbocycles. The number of hydrogen-bond acceptors (Lipinski definition) is 3. The van der Waals surface area contributed by atoms with Crippen LogP contribution in [-0.2, 0) is 6.54 Å². The maximum absolute atomic E-state index is 13.3. The molecule has 0 aliphatic carbocycles. The highest BCUT2D eigenvalue weighted by atomic mass is 19.1. The van der Waals surface area contributed by atoms with Crippen molar-refractivity contribution < 1.29 is 13.6 Å². The average molecular weight is 345 g/mol. The molecule has 2 aromatic carbocycles. The molecule has 1 saturated heterocycles. The molecule has 0 spiro atoms. The molecule has 0 unspecified atom stereocenters. The predicted octanol–water partition coefficient (Wildman–Crippen LogP) is 2.80. The van der Waals surface area contributed by atoms with Crippen molar-refractivity contribution >= 4 is 11.6 Å². The molecule has 1 fully saturated rings. The van der Waals surface area contributed by atoms with Crippen molar-refractivity contribution in [1.29, 1.82) is 0 Å². The molecule has 6 heteroatoms. The number of nitrogen functional groups attached to an aromatic ring is 1. The number of hydrogen-bond donors (Lipinski definition) is 2. The number of carbonyl (C=O) groups excluding carboxylic acids is 1. The van der Waals surface area contributed by atoms with E-state index in [1.165, 1.54) is 12.1 Å². The third kappa shape index (κ3) is 4.76. The van der Waals surface area contributed by atoms with Gasteiger partial charge in [-0.15, -0.1) is 0 Å². The van der Waals surface area contributed by atoms with Crippen molar-refractivity contribution in [1.82, 2.24) is 10.2 Å². The molecular formula is C19H21F2N3O. The molecule has 1 atom stereocenters. The highest BCUT2D eigenvalue weighted by Crippen LogP contribution is 2.19. The maximum atomic E-state index is 13.3. The van der Waals surface area contributed by atoms with Crippen molar-refractivity contribution in [2.24, 2.45) is 5.92 Å². The molecule has 25 heavy (non-hydrogen) atoms. The summed E-state index contributed by atoms with van der Waals surface area (Å²) in [5.74, 6) is -0.929. The number of nitrogens with two attached hydrogens (primary N) is 1. The van der Waals surface area contributed by atoms with Gasteiger partial charge in [-0.1, -0.05) is 6.07 Å². The molecular weight excluding hydrogens is 324 g/mol. The minimum absolute atomic E-state index is 0.141. The Kier molecular flexibility index (Phi) is 5.28. The van der Waals surface area contributed by atoms with E-state index < -0.39 is 11.6 Å². The first kappa shape index (κ1) is 17.4. The smallest absolute Gasteiger partial charge is 0.251 e. The fraction of sp³-hybridized carbons (Fsp3) is 0.316. The van der Waals surface area contributed by atoms with Crippen LogP contribution < -0.4 is 11.1 Å². The maximum Gasteiger partial charge on any atom is 0.251 e. The van der Waals surface area contributed by atoms with Gasteiger partial charge in [0, 0.05) is 37.0 Å². The van der Waals surface area contributed by atoms with E-state index in [-0.39, 0.29) is 5.91 Å². The second-order valence-electron chi connectivity index (χ2n) is 6.50. The van der Waals surface area contributed by atoms with E-state index in [1.807, 2.05) is 0 Å². The van der Waals surface area contributed by atoms with Gasteiger partial charge in [0.2, 0.25) is 0 Å². The fourth-order valence-corrected chi connectivity index (χ4v) is 3.20. The van der Waals surface area contributed by atoms with Gasteiger partial charge in [-0.3, -0.25) is 9.69 Å². The first-order valence-electron chi connectivity index (χ1n) is 8.30. The van der Waals surface area contributed by atoms with Gasteiger partial charge in [0.25, 0.3) is 5.91 Å². The molecule has 1 heterocycles. The van der Waals surface area contributed by atoms with E-state index in [2.05, 4.69) is 10.2 Å². The number of benzene rings is 2. The van der Waals surface area contributed by atoms with E-state index in [0.717, 1.165) is 25.6 Å². The molecule has 3 rings (SSSR count). The molecule has 0 bridgehead atoms. The SMILES string of the molecule is Nc1cccc(C(=O)NC[C@@H]2CCN(Cc3cc(F)cc(F)c3)C2)c1. The summed E-state index contributed by atoms with van der Waals surface area (Å²) >= 11 is 0. The second kappa shape index (κ2) is 7.61. The van der Waals surface area contributed by atoms with E-state index in [4.69, 9.17) is 5.73 Å². The lowest BCUT2D eigenvalue weighted by Gasteiger charge is -2.16. The molecule has 1 amide bonds. The Bertz CT molecular complexity index is 746. The van der Waals surface area contributed by atoms with Crippen molar-refractivity contribution in [2.45, 2.75) is 13.0 Å². The topological polar surface area (TPSA) is 58.4 Å². The van der Waals surface area contributed by atoms with Gasteiger partial charge in [0.15, 0.2) is 0 Å². The quantitative estimate of drug-likeness (QED) is 0.820. The number of carbonyl (C=O) groups is 1. The highest BCUT2D eigenvalue weighted by molar-refractivity contribution is 5.94. The average Bonchev–Trinajstić information content (AvgIpc) is 2.99. The van der Waals surface area contributed by atoms with Crippen molar-refractivity contribution in [2.75, 3.05) is 25.4 Å². The summed E-state index contributed by atoms with van der Waals surface area (Å²) in [4.78, 5) is 14.3. The molecule has 132 valence electrons. The van der Waals surface area contributed by atoms with Gasteiger partial charge < -0.3 is 11.1 Å². The Labute approximate surface area is 145 Å². The molecule has 3 N–H and O–H groups in total. The van der Waals surface area contributed by atoms with Gasteiger partial charge in [0.1, 0.15) is 11.6 Å². The van der Waals surface area contributed by atoms with Crippen LogP contribution in [0.4, 0.5) is 14.5 Å². The Morgan fingerprint density at radius 1 is 1.20 bits per heavy atom. The first-order valence-corrected chi connectivity index (χ1v) is 8.30. The van der Waals surface area contributed by atoms with E-state index in [9.17, 15) is 13.6 Å². The Hall–Kier alpha value is -2.47. The fourth-order valence-electron chi connectivity index (χ4n) is 3.20. The number of nitrogens with one attached hydrogen (secondary N) is 1. The molecule has 1 aliphatic heterocycles. The number of amides is 1. The van der Waals surface area contributed by atoms with Crippen LogP contribution in [0.15, 0.2) is 42.5 Å². The van der Waals surface area contributed by atoms with Gasteiger partial charge in [0.05, 0.1) is 0 Å². The summed E-state index contributed by atoms with van der Waals surface area (Å²) in [6.45, 7) is 2.71. The summed E-state index contributed by atoms with van der Waals surface area (Å²) in [6.07, 6.45) is 0.939. The van der Waals surface area contributed by atoms with Crippen LogP contribution in [0.1, 0.15) is 22.3 Å². The zero-order valence-electron chi connectivity index (χ0n) is 13.8. The van der Waals surface area contributed by atoms with Gasteiger partial charge >= 0.3 is 0 Å². The van der Waals surface area contributed by atoms with Gasteiger partial charge in [-0.05, 0) is 54.8 Å². The molecule has 2 aromatic rings. The standard InChI is InChI=1S/C19H21F2N3O/c20-16-6-14(7-17(21)9-16)12-24-5-4-13(11-24)10-23-19(25)15-2-1-3-18(22)8-15/h1-3,6-9,13H,4-5,10-12,22H2,(H,23,25)/t13-/m0/s1. The number of likely N-dealkylation sites (tertiary alicyclic amines) is 1. The lowest BCUT2D eigenvalue weighted by Crippen LogP contribution is -2.31. The van der Waals surface area contributed by atoms with Crippen LogP contribution in [0.2, 0.25) is 0 Å². The molecule has 0 radical (unpaired) electrons. The Balaban J connectivity index is 1.49. The Morgan fingerprint density at radius 2 is 1.96 bits per heavy atom. The van der Waals surface area contributed by atoms with Gasteiger partial charge in [-0.2, -0.15) is 0 Å². The van der Waals surface area contributed by atoms with Crippen LogP contribution in [0.5, 0.6) is 0 Å². The lowest BCUT2D eigenvalue weighted by molar-refractivity contribution is 0.0947. The molecule has 4 nitrogen and oxygen atoms in total. The normalized spacial score (nSPS) is 17.6. The van der Waals surface area contributed by atoms with E-state index in [0.29, 0.717) is 35.8 Å². The zero-order chi connectivity index (χ0) is 17.8. The first-order chi connectivity index (χ1) is 12.0. The minimum Gasteiger partial charge on any atom is -0.399 e. The number of nitrogens with zero attached hydrogens (tertiary/aromatic N) is 1. The van der Waals surface area contributed by atoms with Crippen LogP contribution >= 0.6 is 0 Å². The van der Waals surface area contributed by atoms with Crippen molar-refractivity contribution in [3.8, 4) is 0 Å². The summed E-state index contributed by atoms with van der Waals surface area (Å²) in [7, 11) is 0. The summed E-state index contributed by atoms with van der Waals surface area (Å²) in [5, 5.41) is 2.93. The van der Waals surface area contributed by atoms with Crippen molar-refractivity contribution in [3.63, 3.8) is 0 Å². The lowest BCUT2D eigenvalue weighted by atomic mass is 10.1. The Morgan fingerprint density at radius 3 is 2.68 bits per heavy atom. The summed E-state index contributed by atoms with van der Waals surface area (Å²) < 4.78 is 26.5. The van der Waals surface area contributed by atoms with Crippen LogP contribution in [-0.4, -0.2) is 30.4 Å². The third-order valence-corrected chi connectivity index (χ3v) is 4.40. The second-order valence-corrected chi connectivity index (χ2v) is 6.50. The highest BCUT2D eigenvalue weighted by Gasteiger charge is 2.23. The van der Waals surface area contributed by atoms with Crippen molar-refractivity contribution in [3.05, 3.63) is 65.2 Å². The minimum atomic E-state index is -0.555. The summed E-state index contributed by atoms with van der Waals surface area (Å²) in [5.41, 5.74) is 7.42. The van der Waals surface area contributed by atoms with E-state index in [1.54, 1.807) is 24.3 Å². The number of anilines is 1. The number of halogens is 2. The molecule has 0 aromatic heterocycles. The van der Waals surface area contributed by atoms with Crippen LogP contribution in [0.25, 0.3) is 0 Å². The third-order valence-electron chi connectivity index (χ3n) is 4.40. The van der Waals surface area contributed by atoms with Gasteiger partial charge in [-0.25, -0.2) is 8.78 Å². The monoisotopic (exact) mass is 345 g/mol. The zero-order valence-corrected chi connectivity index (χ0v) is 13.8. The predicted molar refractivity (Wildman–Crippen MR) is 92.9 cm³/mol. The van der Waals surface area contributed by atoms with Crippen LogP contribution in [0.3, 0.4) is 0 Å². The molecule has 1 aliphatic rings. The van der Waals surface area contributed by atoms with E-state index >= 15 is 0 Å². The number of rotatable bonds is 5.